The van der Waals surface area contributed by atoms with E-state index in [0.717, 1.165) is 22.4 Å². The van der Waals surface area contributed by atoms with Gasteiger partial charge in [0.05, 0.1) is 6.10 Å². The maximum atomic E-state index is 11.9. The molecule has 2 rings (SSSR count). The zero-order valence-corrected chi connectivity index (χ0v) is 13.0. The Balaban J connectivity index is 1.81. The van der Waals surface area contributed by atoms with Crippen molar-refractivity contribution >= 4 is 11.7 Å². The standard InChI is InChI=1S/C18H22N2O2/c1-13-7-6-8-14(2)17(13)20-18(22)19-12-11-16(21)15-9-4-3-5-10-15/h3-10,16,21H,11-12H2,1-2H3,(H2,19,20,22). The molecule has 0 aliphatic rings. The second kappa shape index (κ2) is 7.61. The lowest BCUT2D eigenvalue weighted by atomic mass is 10.1. The summed E-state index contributed by atoms with van der Waals surface area (Å²) in [6.07, 6.45) is -0.0915. The van der Waals surface area contributed by atoms with E-state index in [1.807, 2.05) is 62.4 Å². The predicted molar refractivity (Wildman–Crippen MR) is 89.0 cm³/mol. The van der Waals surface area contributed by atoms with E-state index in [0.29, 0.717) is 13.0 Å². The molecule has 0 heterocycles. The molecule has 0 aromatic heterocycles. The summed E-state index contributed by atoms with van der Waals surface area (Å²) in [4.78, 5) is 11.9. The van der Waals surface area contributed by atoms with Crippen molar-refractivity contribution < 1.29 is 9.90 Å². The summed E-state index contributed by atoms with van der Waals surface area (Å²) < 4.78 is 0. The highest BCUT2D eigenvalue weighted by Gasteiger charge is 2.09. The highest BCUT2D eigenvalue weighted by molar-refractivity contribution is 5.90. The van der Waals surface area contributed by atoms with Crippen LogP contribution in [-0.4, -0.2) is 17.7 Å². The van der Waals surface area contributed by atoms with Gasteiger partial charge in [0, 0.05) is 12.2 Å². The first-order chi connectivity index (χ1) is 10.6. The van der Waals surface area contributed by atoms with Crippen molar-refractivity contribution in [1.29, 1.82) is 0 Å². The molecule has 4 heteroatoms. The molecule has 1 atom stereocenters. The number of benzene rings is 2. The van der Waals surface area contributed by atoms with E-state index in [4.69, 9.17) is 0 Å². The van der Waals surface area contributed by atoms with Crippen molar-refractivity contribution in [3.05, 3.63) is 65.2 Å². The zero-order valence-electron chi connectivity index (χ0n) is 13.0. The largest absolute Gasteiger partial charge is 0.388 e. The fraction of sp³-hybridized carbons (Fsp3) is 0.278. The fourth-order valence-corrected chi connectivity index (χ4v) is 2.33. The molecule has 0 radical (unpaired) electrons. The third-order valence-electron chi connectivity index (χ3n) is 3.61. The van der Waals surface area contributed by atoms with Gasteiger partial charge in [-0.3, -0.25) is 0 Å². The van der Waals surface area contributed by atoms with Gasteiger partial charge in [0.25, 0.3) is 0 Å². The van der Waals surface area contributed by atoms with Crippen molar-refractivity contribution in [2.24, 2.45) is 0 Å². The minimum atomic E-state index is -0.568. The summed E-state index contributed by atoms with van der Waals surface area (Å²) in [6, 6.07) is 15.1. The number of hydrogen-bond acceptors (Lipinski definition) is 2. The van der Waals surface area contributed by atoms with Crippen LogP contribution < -0.4 is 10.6 Å². The molecule has 1 unspecified atom stereocenters. The quantitative estimate of drug-likeness (QED) is 0.790. The minimum absolute atomic E-state index is 0.252. The Morgan fingerprint density at radius 3 is 2.32 bits per heavy atom. The molecule has 22 heavy (non-hydrogen) atoms. The fourth-order valence-electron chi connectivity index (χ4n) is 2.33. The first-order valence-corrected chi connectivity index (χ1v) is 7.42. The van der Waals surface area contributed by atoms with Crippen molar-refractivity contribution in [3.8, 4) is 0 Å². The highest BCUT2D eigenvalue weighted by atomic mass is 16.3. The van der Waals surface area contributed by atoms with E-state index in [1.165, 1.54) is 0 Å². The Morgan fingerprint density at radius 2 is 1.68 bits per heavy atom. The van der Waals surface area contributed by atoms with Gasteiger partial charge in [-0.25, -0.2) is 4.79 Å². The average Bonchev–Trinajstić information content (AvgIpc) is 2.52. The molecule has 0 aliphatic heterocycles. The first-order valence-electron chi connectivity index (χ1n) is 7.42. The summed E-state index contributed by atoms with van der Waals surface area (Å²) in [6.45, 7) is 4.33. The van der Waals surface area contributed by atoms with E-state index in [-0.39, 0.29) is 6.03 Å². The normalized spacial score (nSPS) is 11.8. The van der Waals surface area contributed by atoms with Gasteiger partial charge in [-0.15, -0.1) is 0 Å². The number of aryl methyl sites for hydroxylation is 2. The second-order valence-corrected chi connectivity index (χ2v) is 5.36. The number of amides is 2. The smallest absolute Gasteiger partial charge is 0.319 e. The molecule has 0 saturated heterocycles. The number of aliphatic hydroxyl groups is 1. The van der Waals surface area contributed by atoms with E-state index in [9.17, 15) is 9.90 Å². The highest BCUT2D eigenvalue weighted by Crippen LogP contribution is 2.19. The number of carbonyl (C=O) groups is 1. The van der Waals surface area contributed by atoms with E-state index >= 15 is 0 Å². The number of hydrogen-bond donors (Lipinski definition) is 3. The number of aliphatic hydroxyl groups excluding tert-OH is 1. The predicted octanol–water partition coefficient (Wildman–Crippen LogP) is 3.55. The lowest BCUT2D eigenvalue weighted by Gasteiger charge is -2.14. The van der Waals surface area contributed by atoms with Gasteiger partial charge >= 0.3 is 6.03 Å². The number of carbonyl (C=O) groups excluding carboxylic acids is 1. The van der Waals surface area contributed by atoms with Gasteiger partial charge in [0.1, 0.15) is 0 Å². The Bertz CT molecular complexity index is 606. The summed E-state index contributed by atoms with van der Waals surface area (Å²) in [7, 11) is 0. The van der Waals surface area contributed by atoms with Crippen LogP contribution >= 0.6 is 0 Å². The average molecular weight is 298 g/mol. The molecular formula is C18H22N2O2. The van der Waals surface area contributed by atoms with Crippen LogP contribution in [0.1, 0.15) is 29.2 Å². The summed E-state index contributed by atoms with van der Waals surface area (Å²) in [5.74, 6) is 0. The van der Waals surface area contributed by atoms with E-state index in [1.54, 1.807) is 0 Å². The molecule has 0 saturated carbocycles. The molecule has 2 aromatic carbocycles. The van der Waals surface area contributed by atoms with Crippen LogP contribution in [0.25, 0.3) is 0 Å². The van der Waals surface area contributed by atoms with Gasteiger partial charge in [-0.05, 0) is 37.0 Å². The van der Waals surface area contributed by atoms with Crippen LogP contribution in [0.4, 0.5) is 10.5 Å². The van der Waals surface area contributed by atoms with Crippen LogP contribution in [0.2, 0.25) is 0 Å². The number of anilines is 1. The van der Waals surface area contributed by atoms with Crippen LogP contribution in [0, 0.1) is 13.8 Å². The van der Waals surface area contributed by atoms with E-state index < -0.39 is 6.10 Å². The Morgan fingerprint density at radius 1 is 1.05 bits per heavy atom. The topological polar surface area (TPSA) is 61.4 Å². The SMILES string of the molecule is Cc1cccc(C)c1NC(=O)NCCC(O)c1ccccc1. The molecule has 116 valence electrons. The van der Waals surface area contributed by atoms with Crippen LogP contribution in [-0.2, 0) is 0 Å². The molecule has 2 aromatic rings. The van der Waals surface area contributed by atoms with Gasteiger partial charge in [-0.2, -0.15) is 0 Å². The molecule has 0 aliphatic carbocycles. The molecule has 2 amide bonds. The Hall–Kier alpha value is -2.33. The van der Waals surface area contributed by atoms with Gasteiger partial charge in [0.15, 0.2) is 0 Å². The maximum Gasteiger partial charge on any atom is 0.319 e. The third kappa shape index (κ3) is 4.33. The second-order valence-electron chi connectivity index (χ2n) is 5.36. The maximum absolute atomic E-state index is 11.9. The first kappa shape index (κ1) is 16.0. The zero-order chi connectivity index (χ0) is 15.9. The molecule has 0 fully saturated rings. The van der Waals surface area contributed by atoms with Crippen molar-refractivity contribution in [2.45, 2.75) is 26.4 Å². The Kier molecular flexibility index (Phi) is 5.55. The van der Waals surface area contributed by atoms with Crippen LogP contribution in [0.5, 0.6) is 0 Å². The van der Waals surface area contributed by atoms with Crippen molar-refractivity contribution in [3.63, 3.8) is 0 Å². The minimum Gasteiger partial charge on any atom is -0.388 e. The lowest BCUT2D eigenvalue weighted by molar-refractivity contribution is 0.167. The van der Waals surface area contributed by atoms with Crippen molar-refractivity contribution in [1.82, 2.24) is 5.32 Å². The van der Waals surface area contributed by atoms with Gasteiger partial charge in [0.2, 0.25) is 0 Å². The number of rotatable bonds is 5. The summed E-state index contributed by atoms with van der Waals surface area (Å²) in [5.41, 5.74) is 3.75. The summed E-state index contributed by atoms with van der Waals surface area (Å²) >= 11 is 0. The molecule has 3 N–H and O–H groups in total. The molecule has 0 spiro atoms. The molecule has 0 bridgehead atoms. The van der Waals surface area contributed by atoms with E-state index in [2.05, 4.69) is 10.6 Å². The van der Waals surface area contributed by atoms with Gasteiger partial charge in [-0.1, -0.05) is 48.5 Å². The number of para-hydroxylation sites is 1. The third-order valence-corrected chi connectivity index (χ3v) is 3.61. The van der Waals surface area contributed by atoms with Crippen LogP contribution in [0.15, 0.2) is 48.5 Å². The Labute approximate surface area is 131 Å². The lowest BCUT2D eigenvalue weighted by Crippen LogP contribution is -2.30. The van der Waals surface area contributed by atoms with Crippen LogP contribution in [0.3, 0.4) is 0 Å². The molecule has 4 nitrogen and oxygen atoms in total. The van der Waals surface area contributed by atoms with Gasteiger partial charge < -0.3 is 15.7 Å². The monoisotopic (exact) mass is 298 g/mol. The van der Waals surface area contributed by atoms with Crippen molar-refractivity contribution in [2.75, 3.05) is 11.9 Å². The molecular weight excluding hydrogens is 276 g/mol. The summed E-state index contributed by atoms with van der Waals surface area (Å²) in [5, 5.41) is 15.7. The number of urea groups is 1. The number of nitrogens with one attached hydrogen (secondary N) is 2.